The van der Waals surface area contributed by atoms with Gasteiger partial charge in [-0.3, -0.25) is 0 Å². The van der Waals surface area contributed by atoms with Crippen molar-refractivity contribution in [3.05, 3.63) is 53.7 Å². The van der Waals surface area contributed by atoms with E-state index in [0.717, 1.165) is 5.56 Å². The molecule has 1 aromatic heterocycles. The monoisotopic (exact) mass is 554 g/mol. The maximum atomic E-state index is 12.6. The number of nitrogens with zero attached hydrogens (tertiary/aromatic N) is 2. The summed E-state index contributed by atoms with van der Waals surface area (Å²) >= 11 is 0. The van der Waals surface area contributed by atoms with E-state index in [1.54, 1.807) is 31.5 Å². The summed E-state index contributed by atoms with van der Waals surface area (Å²) in [5, 5.41) is 6.07. The summed E-state index contributed by atoms with van der Waals surface area (Å²) in [4.78, 5) is 8.64. The number of rotatable bonds is 10. The number of para-hydroxylation sites is 1. The van der Waals surface area contributed by atoms with E-state index in [-0.39, 0.29) is 36.3 Å². The SMILES string of the molecule is CCNC(=NCc1ccc(OCCOC)nc1)NCc1ccccc1OC(F)(F)F.I. The second-order valence-corrected chi connectivity index (χ2v) is 6.05. The molecular formula is C20H26F3IN4O3. The third-order valence-electron chi connectivity index (χ3n) is 3.74. The summed E-state index contributed by atoms with van der Waals surface area (Å²) in [6.07, 6.45) is -3.09. The maximum absolute atomic E-state index is 12.6. The van der Waals surface area contributed by atoms with Crippen molar-refractivity contribution in [2.45, 2.75) is 26.4 Å². The van der Waals surface area contributed by atoms with Crippen molar-refractivity contribution in [3.63, 3.8) is 0 Å². The van der Waals surface area contributed by atoms with Gasteiger partial charge in [-0.25, -0.2) is 9.98 Å². The van der Waals surface area contributed by atoms with E-state index in [1.807, 2.05) is 13.0 Å². The molecule has 0 unspecified atom stereocenters. The second-order valence-electron chi connectivity index (χ2n) is 6.05. The molecule has 0 aliphatic rings. The van der Waals surface area contributed by atoms with E-state index < -0.39 is 6.36 Å². The van der Waals surface area contributed by atoms with E-state index in [9.17, 15) is 13.2 Å². The quantitative estimate of drug-likeness (QED) is 0.201. The van der Waals surface area contributed by atoms with Crippen molar-refractivity contribution < 1.29 is 27.4 Å². The Labute approximate surface area is 196 Å². The van der Waals surface area contributed by atoms with Gasteiger partial charge in [-0.15, -0.1) is 37.1 Å². The first-order valence-corrected chi connectivity index (χ1v) is 9.33. The summed E-state index contributed by atoms with van der Waals surface area (Å²) in [6, 6.07) is 9.55. The molecule has 0 bridgehead atoms. The molecule has 1 heterocycles. The van der Waals surface area contributed by atoms with Crippen LogP contribution in [0.3, 0.4) is 0 Å². The molecule has 0 spiro atoms. The number of halogens is 4. The van der Waals surface area contributed by atoms with Gasteiger partial charge in [-0.05, 0) is 18.6 Å². The third kappa shape index (κ3) is 10.5. The molecule has 1 aromatic carbocycles. The zero-order chi connectivity index (χ0) is 21.8. The number of aliphatic imine (C=N–C) groups is 1. The molecule has 2 N–H and O–H groups in total. The number of guanidine groups is 1. The van der Waals surface area contributed by atoms with Crippen LogP contribution in [-0.2, 0) is 17.8 Å². The minimum Gasteiger partial charge on any atom is -0.475 e. The fraction of sp³-hybridized carbons (Fsp3) is 0.400. The summed E-state index contributed by atoms with van der Waals surface area (Å²) in [7, 11) is 1.59. The topological polar surface area (TPSA) is 77.0 Å². The van der Waals surface area contributed by atoms with Gasteiger partial charge in [0.05, 0.1) is 13.2 Å². The number of aromatic nitrogens is 1. The van der Waals surface area contributed by atoms with E-state index in [0.29, 0.717) is 43.7 Å². The second kappa shape index (κ2) is 13.9. The van der Waals surface area contributed by atoms with Crippen molar-refractivity contribution in [1.29, 1.82) is 0 Å². The first-order chi connectivity index (χ1) is 14.4. The molecule has 7 nitrogen and oxygen atoms in total. The summed E-state index contributed by atoms with van der Waals surface area (Å²) in [5.74, 6) is 0.701. The van der Waals surface area contributed by atoms with Crippen LogP contribution in [0.1, 0.15) is 18.1 Å². The number of nitrogens with one attached hydrogen (secondary N) is 2. The molecule has 172 valence electrons. The summed E-state index contributed by atoms with van der Waals surface area (Å²) in [6.45, 7) is 3.82. The normalized spacial score (nSPS) is 11.5. The van der Waals surface area contributed by atoms with Crippen LogP contribution < -0.4 is 20.1 Å². The average molecular weight is 554 g/mol. The smallest absolute Gasteiger partial charge is 0.475 e. The maximum Gasteiger partial charge on any atom is 0.573 e. The van der Waals surface area contributed by atoms with E-state index in [4.69, 9.17) is 9.47 Å². The minimum absolute atomic E-state index is 0. The predicted molar refractivity (Wildman–Crippen MR) is 122 cm³/mol. The average Bonchev–Trinajstić information content (AvgIpc) is 2.71. The van der Waals surface area contributed by atoms with Gasteiger partial charge in [0.15, 0.2) is 5.96 Å². The van der Waals surface area contributed by atoms with Gasteiger partial charge in [0.1, 0.15) is 12.4 Å². The molecule has 2 rings (SSSR count). The lowest BCUT2D eigenvalue weighted by atomic mass is 10.2. The molecule has 0 fully saturated rings. The molecule has 0 aliphatic heterocycles. The van der Waals surface area contributed by atoms with Crippen molar-refractivity contribution in [3.8, 4) is 11.6 Å². The molecule has 31 heavy (non-hydrogen) atoms. The highest BCUT2D eigenvalue weighted by atomic mass is 127. The highest BCUT2D eigenvalue weighted by Gasteiger charge is 2.31. The Morgan fingerprint density at radius 1 is 1.10 bits per heavy atom. The summed E-state index contributed by atoms with van der Waals surface area (Å²) in [5.41, 5.74) is 1.21. The standard InChI is InChI=1S/C20H25F3N4O3.HI/c1-3-24-19(26-13-15-8-9-18(25-12-15)29-11-10-28-2)27-14-16-6-4-5-7-17(16)30-20(21,22)23;/h4-9,12H,3,10-11,13-14H2,1-2H3,(H2,24,26,27);1H. The number of alkyl halides is 3. The Morgan fingerprint density at radius 2 is 1.87 bits per heavy atom. The zero-order valence-corrected chi connectivity index (χ0v) is 19.6. The number of ether oxygens (including phenoxy) is 3. The number of hydrogen-bond acceptors (Lipinski definition) is 5. The van der Waals surface area contributed by atoms with E-state index >= 15 is 0 Å². The fourth-order valence-corrected chi connectivity index (χ4v) is 2.38. The lowest BCUT2D eigenvalue weighted by Gasteiger charge is -2.15. The van der Waals surface area contributed by atoms with Crippen LogP contribution in [0.15, 0.2) is 47.6 Å². The van der Waals surface area contributed by atoms with Gasteiger partial charge >= 0.3 is 6.36 Å². The van der Waals surface area contributed by atoms with Crippen LogP contribution in [-0.4, -0.2) is 44.2 Å². The Kier molecular flexibility index (Phi) is 12.0. The minimum atomic E-state index is -4.75. The highest BCUT2D eigenvalue weighted by Crippen LogP contribution is 2.26. The summed E-state index contributed by atoms with van der Waals surface area (Å²) < 4.78 is 52.1. The third-order valence-corrected chi connectivity index (χ3v) is 3.74. The Morgan fingerprint density at radius 3 is 2.52 bits per heavy atom. The molecule has 0 saturated heterocycles. The Bertz CT molecular complexity index is 805. The van der Waals surface area contributed by atoms with Gasteiger partial charge in [0.2, 0.25) is 5.88 Å². The molecule has 11 heteroatoms. The zero-order valence-electron chi connectivity index (χ0n) is 17.2. The number of hydrogen-bond donors (Lipinski definition) is 2. The largest absolute Gasteiger partial charge is 0.573 e. The van der Waals surface area contributed by atoms with Crippen LogP contribution in [0.2, 0.25) is 0 Å². The van der Waals surface area contributed by atoms with Crippen LogP contribution in [0.25, 0.3) is 0 Å². The molecule has 2 aromatic rings. The van der Waals surface area contributed by atoms with Gasteiger partial charge < -0.3 is 24.8 Å². The lowest BCUT2D eigenvalue weighted by Crippen LogP contribution is -2.37. The van der Waals surface area contributed by atoms with Gasteiger partial charge in [-0.1, -0.05) is 24.3 Å². The molecule has 0 atom stereocenters. The van der Waals surface area contributed by atoms with Crippen LogP contribution >= 0.6 is 24.0 Å². The van der Waals surface area contributed by atoms with E-state index in [2.05, 4.69) is 25.3 Å². The number of pyridine rings is 1. The lowest BCUT2D eigenvalue weighted by molar-refractivity contribution is -0.274. The number of benzene rings is 1. The van der Waals surface area contributed by atoms with Gasteiger partial charge in [0.25, 0.3) is 0 Å². The van der Waals surface area contributed by atoms with Crippen molar-refractivity contribution >= 4 is 29.9 Å². The number of methoxy groups -OCH3 is 1. The van der Waals surface area contributed by atoms with Crippen LogP contribution in [0, 0.1) is 0 Å². The van der Waals surface area contributed by atoms with Gasteiger partial charge in [-0.2, -0.15) is 0 Å². The molecule has 0 amide bonds. The first kappa shape index (κ1) is 26.8. The van der Waals surface area contributed by atoms with Crippen molar-refractivity contribution in [2.75, 3.05) is 26.9 Å². The Balaban J connectivity index is 0.00000480. The molecule has 0 aliphatic carbocycles. The molecular weight excluding hydrogens is 528 g/mol. The van der Waals surface area contributed by atoms with Crippen molar-refractivity contribution in [2.24, 2.45) is 4.99 Å². The Hall–Kier alpha value is -2.28. The van der Waals surface area contributed by atoms with Gasteiger partial charge in [0, 0.05) is 38.0 Å². The first-order valence-electron chi connectivity index (χ1n) is 9.33. The fourth-order valence-electron chi connectivity index (χ4n) is 2.38. The van der Waals surface area contributed by atoms with Crippen molar-refractivity contribution in [1.82, 2.24) is 15.6 Å². The van der Waals surface area contributed by atoms with Crippen LogP contribution in [0.5, 0.6) is 11.6 Å². The molecule has 0 radical (unpaired) electrons. The van der Waals surface area contributed by atoms with Crippen LogP contribution in [0.4, 0.5) is 13.2 Å². The van der Waals surface area contributed by atoms with E-state index in [1.165, 1.54) is 12.1 Å². The highest BCUT2D eigenvalue weighted by molar-refractivity contribution is 14.0. The molecule has 0 saturated carbocycles. The predicted octanol–water partition coefficient (Wildman–Crippen LogP) is 3.88.